The molecule has 0 unspecified atom stereocenters. The van der Waals surface area contributed by atoms with Gasteiger partial charge in [0.25, 0.3) is 11.5 Å². The summed E-state index contributed by atoms with van der Waals surface area (Å²) in [5.74, 6) is 0.369. The number of halogens is 1. The van der Waals surface area contributed by atoms with E-state index >= 15 is 0 Å². The molecule has 0 atom stereocenters. The average molecular weight is 517 g/mol. The van der Waals surface area contributed by atoms with E-state index < -0.39 is 5.56 Å². The Morgan fingerprint density at radius 3 is 2.57 bits per heavy atom. The quantitative estimate of drug-likeness (QED) is 0.376. The number of rotatable bonds is 5. The number of aliphatic hydroxyl groups excluding tert-OH is 1. The zero-order valence-corrected chi connectivity index (χ0v) is 20.9. The highest BCUT2D eigenvalue weighted by molar-refractivity contribution is 6.30. The van der Waals surface area contributed by atoms with Crippen LogP contribution in [-0.4, -0.2) is 59.2 Å². The lowest BCUT2D eigenvalue weighted by Crippen LogP contribution is -2.48. The van der Waals surface area contributed by atoms with Gasteiger partial charge in [-0.3, -0.25) is 9.59 Å². The highest BCUT2D eigenvalue weighted by Crippen LogP contribution is 2.23. The van der Waals surface area contributed by atoms with Gasteiger partial charge in [0.2, 0.25) is 0 Å². The number of carbonyl (C=O) groups is 1. The third-order valence-corrected chi connectivity index (χ3v) is 6.58. The number of piperazine rings is 1. The van der Waals surface area contributed by atoms with Crippen LogP contribution < -0.4 is 15.2 Å². The Hall–Kier alpha value is -4.30. The number of nitrogens with one attached hydrogen (secondary N) is 1. The Bertz CT molecular complexity index is 1560. The lowest BCUT2D eigenvalue weighted by molar-refractivity contribution is 0.0747. The maximum absolute atomic E-state index is 13.2. The summed E-state index contributed by atoms with van der Waals surface area (Å²) in [6.45, 7) is 2.55. The van der Waals surface area contributed by atoms with E-state index in [0.29, 0.717) is 59.1 Å². The molecule has 1 aliphatic rings. The molecule has 1 saturated heterocycles. The fourth-order valence-corrected chi connectivity index (χ4v) is 4.53. The van der Waals surface area contributed by atoms with Crippen LogP contribution in [0.5, 0.6) is 5.75 Å². The number of benzene rings is 3. The van der Waals surface area contributed by atoms with Crippen LogP contribution in [0, 0.1) is 0 Å². The number of ether oxygens (including phenoxy) is 1. The molecule has 0 radical (unpaired) electrons. The molecule has 188 valence electrons. The van der Waals surface area contributed by atoms with E-state index in [1.54, 1.807) is 47.4 Å². The van der Waals surface area contributed by atoms with Crippen molar-refractivity contribution in [2.24, 2.45) is 0 Å². The molecule has 0 spiro atoms. The summed E-state index contributed by atoms with van der Waals surface area (Å²) in [6, 6.07) is 19.6. The summed E-state index contributed by atoms with van der Waals surface area (Å²) in [4.78, 5) is 37.0. The molecule has 2 N–H and O–H groups in total. The van der Waals surface area contributed by atoms with Gasteiger partial charge < -0.3 is 24.6 Å². The minimum atomic E-state index is -0.471. The Labute approximate surface area is 218 Å². The first kappa shape index (κ1) is 24.4. The van der Waals surface area contributed by atoms with E-state index in [2.05, 4.69) is 14.9 Å². The molecule has 3 aromatic carbocycles. The average Bonchev–Trinajstić information content (AvgIpc) is 2.93. The summed E-state index contributed by atoms with van der Waals surface area (Å²) in [5, 5.41) is 11.2. The minimum Gasteiger partial charge on any atom is -0.507 e. The standard InChI is InChI=1S/C28H25ClN4O4/c1-37-22-7-2-4-18(14-22)26(34)17-25-27(35)31-24-15-19(8-9-23(24)30-25)28(36)33-12-10-32(11-13-33)21-6-3-5-20(29)16-21/h2-9,14-17,34H,10-13H2,1H3,(H,31,35)/b26-17-. The number of nitrogens with zero attached hydrogens (tertiary/aromatic N) is 3. The van der Waals surface area contributed by atoms with E-state index in [9.17, 15) is 14.7 Å². The van der Waals surface area contributed by atoms with Crippen LogP contribution in [0.4, 0.5) is 5.69 Å². The number of H-pyrrole nitrogens is 1. The van der Waals surface area contributed by atoms with Gasteiger partial charge in [-0.25, -0.2) is 4.98 Å². The van der Waals surface area contributed by atoms with Crippen LogP contribution in [0.15, 0.2) is 71.5 Å². The fourth-order valence-electron chi connectivity index (χ4n) is 4.35. The van der Waals surface area contributed by atoms with E-state index in [0.717, 1.165) is 5.69 Å². The number of aromatic nitrogens is 2. The molecular formula is C28H25ClN4O4. The van der Waals surface area contributed by atoms with Gasteiger partial charge in [-0.15, -0.1) is 0 Å². The van der Waals surface area contributed by atoms with Gasteiger partial charge in [-0.05, 0) is 48.5 Å². The largest absolute Gasteiger partial charge is 0.507 e. The molecule has 4 aromatic rings. The van der Waals surface area contributed by atoms with Crippen LogP contribution >= 0.6 is 11.6 Å². The van der Waals surface area contributed by atoms with E-state index in [1.807, 2.05) is 24.3 Å². The number of fused-ring (bicyclic) bond motifs is 1. The van der Waals surface area contributed by atoms with Gasteiger partial charge in [-0.2, -0.15) is 0 Å². The molecule has 37 heavy (non-hydrogen) atoms. The molecule has 8 nitrogen and oxygen atoms in total. The maximum Gasteiger partial charge on any atom is 0.274 e. The molecule has 0 bridgehead atoms. The molecule has 5 rings (SSSR count). The van der Waals surface area contributed by atoms with Crippen LogP contribution in [0.3, 0.4) is 0 Å². The second kappa shape index (κ2) is 10.4. The van der Waals surface area contributed by atoms with Gasteiger partial charge in [-0.1, -0.05) is 29.8 Å². The predicted molar refractivity (Wildman–Crippen MR) is 145 cm³/mol. The molecule has 0 aliphatic carbocycles. The van der Waals surface area contributed by atoms with Gasteiger partial charge in [0.15, 0.2) is 0 Å². The van der Waals surface area contributed by atoms with Crippen LogP contribution in [0.25, 0.3) is 22.9 Å². The number of aromatic amines is 1. The lowest BCUT2D eigenvalue weighted by atomic mass is 10.1. The lowest BCUT2D eigenvalue weighted by Gasteiger charge is -2.36. The van der Waals surface area contributed by atoms with E-state index in [-0.39, 0.29) is 17.4 Å². The predicted octanol–water partition coefficient (Wildman–Crippen LogP) is 4.60. The van der Waals surface area contributed by atoms with Crippen molar-refractivity contribution < 1.29 is 14.6 Å². The number of aliphatic hydroxyl groups is 1. The minimum absolute atomic E-state index is 0.0593. The van der Waals surface area contributed by atoms with E-state index in [1.165, 1.54) is 13.2 Å². The van der Waals surface area contributed by atoms with Crippen molar-refractivity contribution in [2.45, 2.75) is 0 Å². The van der Waals surface area contributed by atoms with Crippen molar-refractivity contribution >= 4 is 46.1 Å². The highest BCUT2D eigenvalue weighted by Gasteiger charge is 2.23. The SMILES string of the molecule is COc1cccc(/C(O)=C/c2nc3ccc(C(=O)N4CCN(c5cccc(Cl)c5)CC4)cc3[nH]c2=O)c1. The van der Waals surface area contributed by atoms with Crippen LogP contribution in [-0.2, 0) is 0 Å². The van der Waals surface area contributed by atoms with Crippen molar-refractivity contribution in [1.29, 1.82) is 0 Å². The first-order chi connectivity index (χ1) is 17.9. The first-order valence-corrected chi connectivity index (χ1v) is 12.2. The van der Waals surface area contributed by atoms with Crippen LogP contribution in [0.2, 0.25) is 5.02 Å². The number of hydrogen-bond donors (Lipinski definition) is 2. The smallest absolute Gasteiger partial charge is 0.274 e. The van der Waals surface area contributed by atoms with Gasteiger partial charge >= 0.3 is 0 Å². The van der Waals surface area contributed by atoms with Crippen molar-refractivity contribution in [1.82, 2.24) is 14.9 Å². The summed E-state index contributed by atoms with van der Waals surface area (Å²) >= 11 is 6.11. The van der Waals surface area contributed by atoms with E-state index in [4.69, 9.17) is 16.3 Å². The molecule has 2 heterocycles. The third-order valence-electron chi connectivity index (χ3n) is 6.34. The van der Waals surface area contributed by atoms with Gasteiger partial charge in [0.1, 0.15) is 17.2 Å². The number of anilines is 1. The molecule has 1 fully saturated rings. The van der Waals surface area contributed by atoms with Crippen molar-refractivity contribution in [3.63, 3.8) is 0 Å². The summed E-state index contributed by atoms with van der Waals surface area (Å²) in [7, 11) is 1.54. The maximum atomic E-state index is 13.2. The topological polar surface area (TPSA) is 98.8 Å². The Kier molecular flexibility index (Phi) is 6.83. The molecule has 9 heteroatoms. The Morgan fingerprint density at radius 1 is 1.03 bits per heavy atom. The summed E-state index contributed by atoms with van der Waals surface area (Å²) in [6.07, 6.45) is 1.31. The second-order valence-corrected chi connectivity index (χ2v) is 9.14. The molecular weight excluding hydrogens is 492 g/mol. The number of amides is 1. The Morgan fingerprint density at radius 2 is 1.81 bits per heavy atom. The highest BCUT2D eigenvalue weighted by atomic mass is 35.5. The summed E-state index contributed by atoms with van der Waals surface area (Å²) < 4.78 is 5.18. The molecule has 1 aromatic heterocycles. The monoisotopic (exact) mass is 516 g/mol. The third kappa shape index (κ3) is 5.29. The molecule has 0 saturated carbocycles. The van der Waals surface area contributed by atoms with Gasteiger partial charge in [0, 0.05) is 54.1 Å². The summed E-state index contributed by atoms with van der Waals surface area (Å²) in [5.41, 5.74) is 2.56. The van der Waals surface area contributed by atoms with Gasteiger partial charge in [0.05, 0.1) is 18.1 Å². The van der Waals surface area contributed by atoms with Crippen molar-refractivity contribution in [3.8, 4) is 5.75 Å². The zero-order valence-electron chi connectivity index (χ0n) is 20.1. The number of carbonyl (C=O) groups excluding carboxylic acids is 1. The van der Waals surface area contributed by atoms with Crippen molar-refractivity contribution in [2.75, 3.05) is 38.2 Å². The first-order valence-electron chi connectivity index (χ1n) is 11.8. The normalized spacial score (nSPS) is 14.2. The molecule has 1 amide bonds. The van der Waals surface area contributed by atoms with Crippen LogP contribution in [0.1, 0.15) is 21.6 Å². The number of methoxy groups -OCH3 is 1. The fraction of sp³-hybridized carbons (Fsp3) is 0.179. The Balaban J connectivity index is 1.33. The molecule has 1 aliphatic heterocycles. The number of hydrogen-bond acceptors (Lipinski definition) is 6. The second-order valence-electron chi connectivity index (χ2n) is 8.70. The van der Waals surface area contributed by atoms with Crippen molar-refractivity contribution in [3.05, 3.63) is 98.9 Å². The zero-order chi connectivity index (χ0) is 25.9.